The molecule has 14 heteroatoms. The molecule has 0 atom stereocenters. The highest BCUT2D eigenvalue weighted by Gasteiger charge is 2.00. The molecule has 0 aromatic carbocycles. The molecule has 0 spiro atoms. The van der Waals surface area contributed by atoms with Gasteiger partial charge < -0.3 is 16.0 Å². The first-order chi connectivity index (χ1) is 8.54. The zero-order valence-electron chi connectivity index (χ0n) is 9.13. The first-order valence-electron chi connectivity index (χ1n) is 4.32. The Morgan fingerprint density at radius 3 is 2.56 bits per heavy atom. The molecule has 0 saturated carbocycles. The number of rotatable bonds is 3. The molecule has 0 aliphatic rings. The highest BCUT2D eigenvalue weighted by Crippen LogP contribution is 1.96. The van der Waals surface area contributed by atoms with Gasteiger partial charge in [-0.05, 0) is 12.5 Å². The van der Waals surface area contributed by atoms with Crippen LogP contribution in [0.25, 0.3) is 0 Å². The monoisotopic (exact) mass is 258 g/mol. The number of aromatic nitrogens is 7. The maximum absolute atomic E-state index is 9.64. The number of nitrogens with two attached hydrogens (primary N) is 2. The summed E-state index contributed by atoms with van der Waals surface area (Å²) in [7, 11) is 0. The smallest absolute Gasteiger partial charge is 0.257 e. The van der Waals surface area contributed by atoms with E-state index in [2.05, 4.69) is 31.1 Å². The number of tetrazole rings is 1. The van der Waals surface area contributed by atoms with Crippen LogP contribution in [0.2, 0.25) is 0 Å². The zero-order chi connectivity index (χ0) is 13.5. The Balaban J connectivity index is 0.000000180. The van der Waals surface area contributed by atoms with Gasteiger partial charge in [-0.15, -0.1) is 10.2 Å². The normalized spacial score (nSPS) is 9.22. The minimum absolute atomic E-state index is 0.354. The van der Waals surface area contributed by atoms with Crippen molar-refractivity contribution in [1.29, 1.82) is 0 Å². The quantitative estimate of drug-likeness (QED) is 0.249. The number of aryl methyl sites for hydroxylation is 1. The molecule has 18 heavy (non-hydrogen) atoms. The van der Waals surface area contributed by atoms with Crippen LogP contribution < -0.4 is 22.6 Å². The van der Waals surface area contributed by atoms with Crippen LogP contribution in [0.1, 0.15) is 5.82 Å². The van der Waals surface area contributed by atoms with Gasteiger partial charge in [-0.1, -0.05) is 5.10 Å². The molecular formula is C4H10N12O2. The van der Waals surface area contributed by atoms with Crippen molar-refractivity contribution in [3.05, 3.63) is 22.3 Å². The highest BCUT2D eigenvalue weighted by atomic mass is 16.7. The maximum Gasteiger partial charge on any atom is 0.257 e. The molecule has 0 saturated heterocycles. The number of nitrogens with zero attached hydrogens (tertiary/aromatic N) is 8. The van der Waals surface area contributed by atoms with Crippen molar-refractivity contribution in [2.45, 2.75) is 6.92 Å². The molecular weight excluding hydrogens is 248 g/mol. The van der Waals surface area contributed by atoms with Gasteiger partial charge in [-0.3, -0.25) is 5.43 Å². The number of anilines is 1. The van der Waals surface area contributed by atoms with E-state index in [-0.39, 0.29) is 0 Å². The number of nitro groups is 1. The summed E-state index contributed by atoms with van der Waals surface area (Å²) in [5, 5.41) is 25.5. The van der Waals surface area contributed by atoms with Gasteiger partial charge >= 0.3 is 0 Å². The lowest BCUT2D eigenvalue weighted by molar-refractivity contribution is -0.463. The Kier molecular flexibility index (Phi) is 4.27. The first kappa shape index (κ1) is 13.0. The van der Waals surface area contributed by atoms with Crippen molar-refractivity contribution in [1.82, 2.24) is 35.2 Å². The third-order valence-corrected chi connectivity index (χ3v) is 1.53. The Bertz CT molecular complexity index is 488. The molecule has 14 nitrogen and oxygen atoms in total. The number of nitrogens with one attached hydrogen (secondary N) is 2. The Morgan fingerprint density at radius 1 is 1.50 bits per heavy atom. The summed E-state index contributed by atoms with van der Waals surface area (Å²) in [6.45, 7) is 1.73. The van der Waals surface area contributed by atoms with Crippen molar-refractivity contribution < 1.29 is 5.03 Å². The Labute approximate surface area is 99.0 Å². The van der Waals surface area contributed by atoms with Crippen molar-refractivity contribution in [2.24, 2.45) is 5.84 Å². The van der Waals surface area contributed by atoms with E-state index in [0.717, 1.165) is 11.1 Å². The molecule has 0 aliphatic carbocycles. The van der Waals surface area contributed by atoms with Gasteiger partial charge in [0.25, 0.3) is 12.3 Å². The van der Waals surface area contributed by atoms with Gasteiger partial charge in [0.15, 0.2) is 5.82 Å². The minimum Gasteiger partial charge on any atom is -0.339 e. The largest absolute Gasteiger partial charge is 0.339 e. The number of hydrogen-bond donors (Lipinski definition) is 4. The van der Waals surface area contributed by atoms with Crippen LogP contribution in [-0.4, -0.2) is 40.2 Å². The number of hydrazine groups is 2. The summed E-state index contributed by atoms with van der Waals surface area (Å²) in [5.41, 5.74) is 3.97. The first-order valence-corrected chi connectivity index (χ1v) is 4.32. The lowest BCUT2D eigenvalue weighted by Gasteiger charge is -1.96. The second kappa shape index (κ2) is 5.89. The van der Waals surface area contributed by atoms with Crippen LogP contribution in [0.4, 0.5) is 5.95 Å². The van der Waals surface area contributed by atoms with Crippen LogP contribution in [0.5, 0.6) is 0 Å². The van der Waals surface area contributed by atoms with Gasteiger partial charge in [-0.25, -0.2) is 10.5 Å². The van der Waals surface area contributed by atoms with E-state index in [1.807, 2.05) is 0 Å². The molecule has 0 amide bonds. The lowest BCUT2D eigenvalue weighted by atomic mass is 10.7. The second-order valence-electron chi connectivity index (χ2n) is 2.70. The fraction of sp³-hybridized carbons (Fsp3) is 0.250. The number of hydrogen-bond acceptors (Lipinski definition) is 10. The third kappa shape index (κ3) is 3.52. The van der Waals surface area contributed by atoms with E-state index < -0.39 is 5.03 Å². The van der Waals surface area contributed by atoms with E-state index in [9.17, 15) is 10.1 Å². The van der Waals surface area contributed by atoms with E-state index in [4.69, 9.17) is 11.7 Å². The third-order valence-electron chi connectivity index (χ3n) is 1.53. The van der Waals surface area contributed by atoms with Crippen LogP contribution >= 0.6 is 0 Å². The molecule has 0 bridgehead atoms. The molecule has 98 valence electrons. The second-order valence-corrected chi connectivity index (χ2v) is 2.70. The minimum atomic E-state index is -0.768. The van der Waals surface area contributed by atoms with Gasteiger partial charge in [0.2, 0.25) is 0 Å². The van der Waals surface area contributed by atoms with E-state index in [0.29, 0.717) is 11.8 Å². The molecule has 2 aromatic rings. The molecule has 0 aliphatic heterocycles. The average molecular weight is 258 g/mol. The van der Waals surface area contributed by atoms with Crippen molar-refractivity contribution in [3.8, 4) is 0 Å². The molecule has 6 N–H and O–H groups in total. The summed E-state index contributed by atoms with van der Waals surface area (Å²) in [5.74, 6) is 11.3. The Morgan fingerprint density at radius 2 is 2.22 bits per heavy atom. The Hall–Kier alpha value is -3.03. The molecule has 0 fully saturated rings. The number of nitrogen functional groups attached to an aromatic ring is 2. The van der Waals surface area contributed by atoms with E-state index in [1.54, 1.807) is 12.5 Å². The van der Waals surface area contributed by atoms with Crippen LogP contribution in [0.3, 0.4) is 0 Å². The lowest BCUT2D eigenvalue weighted by Crippen LogP contribution is -2.21. The van der Waals surface area contributed by atoms with Gasteiger partial charge in [-0.2, -0.15) is 0 Å². The fourth-order valence-electron chi connectivity index (χ4n) is 0.759. The van der Waals surface area contributed by atoms with Gasteiger partial charge in [0.05, 0.1) is 10.2 Å². The highest BCUT2D eigenvalue weighted by molar-refractivity contribution is 5.22. The SMILES string of the molecule is Cc1nnc(NN)n1N.O=[N+]([O-])Nn1cnnn1. The predicted octanol–water partition coefficient (Wildman–Crippen LogP) is -3.01. The molecule has 2 heterocycles. The fourth-order valence-corrected chi connectivity index (χ4v) is 0.759. The summed E-state index contributed by atoms with van der Waals surface area (Å²) < 4.78 is 1.26. The summed E-state index contributed by atoms with van der Waals surface area (Å²) in [6, 6.07) is 0. The van der Waals surface area contributed by atoms with Crippen LogP contribution in [0, 0.1) is 17.0 Å². The van der Waals surface area contributed by atoms with Crippen molar-refractivity contribution >= 4 is 5.95 Å². The van der Waals surface area contributed by atoms with Crippen molar-refractivity contribution in [3.63, 3.8) is 0 Å². The average Bonchev–Trinajstić information content (AvgIpc) is 2.91. The van der Waals surface area contributed by atoms with Gasteiger partial charge in [0, 0.05) is 10.0 Å². The maximum atomic E-state index is 9.64. The van der Waals surface area contributed by atoms with E-state index in [1.165, 1.54) is 4.68 Å². The molecule has 0 unspecified atom stereocenters. The summed E-state index contributed by atoms with van der Waals surface area (Å²) in [4.78, 5) is 10.4. The van der Waals surface area contributed by atoms with Gasteiger partial charge in [0.1, 0.15) is 0 Å². The predicted molar refractivity (Wildman–Crippen MR) is 56.9 cm³/mol. The standard InChI is InChI=1S/C3H8N6.CH2N6O2/c1-2-7-8-3(6-4)9(2)5;8-7(9)5-6-1-2-3-4-6/h4-5H2,1H3,(H,6,8);1,5H. The van der Waals surface area contributed by atoms with Crippen LogP contribution in [-0.2, 0) is 0 Å². The molecule has 0 radical (unpaired) electrons. The molecule has 2 rings (SSSR count). The molecule has 2 aromatic heterocycles. The topological polar surface area (TPSA) is 194 Å². The summed E-state index contributed by atoms with van der Waals surface area (Å²) >= 11 is 0. The summed E-state index contributed by atoms with van der Waals surface area (Å²) in [6.07, 6.45) is 1.07. The van der Waals surface area contributed by atoms with Crippen molar-refractivity contribution in [2.75, 3.05) is 16.8 Å². The van der Waals surface area contributed by atoms with E-state index >= 15 is 0 Å². The van der Waals surface area contributed by atoms with Crippen LogP contribution in [0.15, 0.2) is 6.33 Å². The zero-order valence-corrected chi connectivity index (χ0v) is 9.13.